The fourth-order valence-electron chi connectivity index (χ4n) is 0.841. The molecular formula is C10H16N2S. The summed E-state index contributed by atoms with van der Waals surface area (Å²) in [7, 11) is 0. The molecule has 0 saturated heterocycles. The third-order valence-electron chi connectivity index (χ3n) is 1.43. The lowest BCUT2D eigenvalue weighted by Crippen LogP contribution is -2.44. The van der Waals surface area contributed by atoms with Crippen molar-refractivity contribution < 1.29 is 0 Å². The van der Waals surface area contributed by atoms with Crippen LogP contribution in [0.1, 0.15) is 0 Å². The van der Waals surface area contributed by atoms with Gasteiger partial charge >= 0.3 is 0 Å². The van der Waals surface area contributed by atoms with Crippen molar-refractivity contribution in [2.75, 3.05) is 13.1 Å². The van der Waals surface area contributed by atoms with Crippen LogP contribution in [0.4, 0.5) is 0 Å². The molecule has 0 aliphatic rings. The zero-order valence-electron chi connectivity index (χ0n) is 7.78. The lowest BCUT2D eigenvalue weighted by molar-refractivity contribution is 0.233. The van der Waals surface area contributed by atoms with Crippen molar-refractivity contribution in [3.8, 4) is 0 Å². The van der Waals surface area contributed by atoms with Gasteiger partial charge in [-0.05, 0) is 0 Å². The van der Waals surface area contributed by atoms with Crippen molar-refractivity contribution >= 4 is 17.6 Å². The Morgan fingerprint density at radius 3 is 2.08 bits per heavy atom. The molecule has 1 N–H and O–H groups in total. The lowest BCUT2D eigenvalue weighted by Gasteiger charge is -2.22. The van der Waals surface area contributed by atoms with E-state index >= 15 is 0 Å². The fraction of sp³-hybridized carbons (Fsp3) is 0.300. The Morgan fingerprint density at radius 2 is 1.77 bits per heavy atom. The largest absolute Gasteiger partial charge is 0.243 e. The number of thiocarbonyl (C=S) groups is 1. The van der Waals surface area contributed by atoms with E-state index in [9.17, 15) is 0 Å². The smallest absolute Gasteiger partial charge is 0.0676 e. The van der Waals surface area contributed by atoms with Gasteiger partial charge in [0, 0.05) is 18.5 Å². The molecule has 2 nitrogen and oxygen atoms in total. The average molecular weight is 196 g/mol. The van der Waals surface area contributed by atoms with E-state index in [1.54, 1.807) is 11.4 Å². The highest BCUT2D eigenvalue weighted by Gasteiger charge is 2.03. The van der Waals surface area contributed by atoms with E-state index in [2.05, 4.69) is 25.2 Å². The average Bonchev–Trinajstić information content (AvgIpc) is 2.14. The van der Waals surface area contributed by atoms with Gasteiger partial charge in [0.15, 0.2) is 0 Å². The van der Waals surface area contributed by atoms with Crippen LogP contribution in [0, 0.1) is 0 Å². The Hall–Kier alpha value is -0.770. The van der Waals surface area contributed by atoms with Crippen LogP contribution in [0.25, 0.3) is 0 Å². The van der Waals surface area contributed by atoms with Gasteiger partial charge in [0.25, 0.3) is 0 Å². The first kappa shape index (κ1) is 12.2. The van der Waals surface area contributed by atoms with Gasteiger partial charge in [-0.3, -0.25) is 0 Å². The molecule has 0 aliphatic heterocycles. The van der Waals surface area contributed by atoms with E-state index in [1.807, 2.05) is 17.2 Å². The summed E-state index contributed by atoms with van der Waals surface area (Å²) in [5.74, 6) is 0. The van der Waals surface area contributed by atoms with Crippen LogP contribution in [0.5, 0.6) is 0 Å². The highest BCUT2D eigenvalue weighted by Crippen LogP contribution is 1.88. The second kappa shape index (κ2) is 7.86. The summed E-state index contributed by atoms with van der Waals surface area (Å²) < 4.78 is 0. The third-order valence-corrected chi connectivity index (χ3v) is 1.72. The zero-order valence-corrected chi connectivity index (χ0v) is 8.59. The Labute approximate surface area is 85.6 Å². The summed E-state index contributed by atoms with van der Waals surface area (Å²) in [6, 6.07) is 0.0231. The summed E-state index contributed by atoms with van der Waals surface area (Å²) in [5, 5.41) is 3.60. The molecule has 1 unspecified atom stereocenters. The van der Waals surface area contributed by atoms with E-state index in [-0.39, 0.29) is 6.04 Å². The summed E-state index contributed by atoms with van der Waals surface area (Å²) >= 11 is 4.82. The second-order valence-electron chi connectivity index (χ2n) is 2.51. The van der Waals surface area contributed by atoms with Crippen LogP contribution in [0.15, 0.2) is 38.0 Å². The highest BCUT2D eigenvalue weighted by molar-refractivity contribution is 7.79. The molecule has 0 saturated carbocycles. The van der Waals surface area contributed by atoms with Crippen LogP contribution in [-0.4, -0.2) is 29.5 Å². The monoisotopic (exact) mass is 196 g/mol. The number of nitrogens with zero attached hydrogens (tertiary/aromatic N) is 1. The van der Waals surface area contributed by atoms with Gasteiger partial charge < -0.3 is 0 Å². The van der Waals surface area contributed by atoms with Gasteiger partial charge in [0.2, 0.25) is 0 Å². The Morgan fingerprint density at radius 1 is 1.23 bits per heavy atom. The molecule has 0 heterocycles. The van der Waals surface area contributed by atoms with Crippen LogP contribution in [0.2, 0.25) is 0 Å². The molecule has 0 fully saturated rings. The minimum absolute atomic E-state index is 0.0231. The number of hydrogen-bond acceptors (Lipinski definition) is 3. The topological polar surface area (TPSA) is 15.3 Å². The van der Waals surface area contributed by atoms with Crippen LogP contribution >= 0.6 is 12.2 Å². The number of hydrogen-bond donors (Lipinski definition) is 1. The molecule has 0 rings (SSSR count). The van der Waals surface area contributed by atoms with Crippen molar-refractivity contribution in [2.24, 2.45) is 0 Å². The van der Waals surface area contributed by atoms with Crippen molar-refractivity contribution in [1.82, 2.24) is 10.4 Å². The molecule has 1 atom stereocenters. The van der Waals surface area contributed by atoms with Gasteiger partial charge in [0.1, 0.15) is 0 Å². The minimum atomic E-state index is 0.0231. The first-order valence-electron chi connectivity index (χ1n) is 4.09. The van der Waals surface area contributed by atoms with Gasteiger partial charge in [0.05, 0.1) is 6.04 Å². The van der Waals surface area contributed by atoms with Crippen LogP contribution in [-0.2, 0) is 0 Å². The molecule has 0 aromatic heterocycles. The molecule has 13 heavy (non-hydrogen) atoms. The van der Waals surface area contributed by atoms with Crippen molar-refractivity contribution in [3.63, 3.8) is 0 Å². The van der Waals surface area contributed by atoms with Crippen LogP contribution < -0.4 is 5.43 Å². The number of hydrazine groups is 1. The molecular weight excluding hydrogens is 180 g/mol. The zero-order chi connectivity index (χ0) is 10.1. The van der Waals surface area contributed by atoms with Crippen molar-refractivity contribution in [3.05, 3.63) is 38.0 Å². The summed E-state index contributed by atoms with van der Waals surface area (Å²) in [6.45, 7) is 12.5. The molecule has 0 aliphatic carbocycles. The second-order valence-corrected chi connectivity index (χ2v) is 2.78. The van der Waals surface area contributed by atoms with Crippen LogP contribution in [0.3, 0.4) is 0 Å². The lowest BCUT2D eigenvalue weighted by atomic mass is 10.3. The maximum absolute atomic E-state index is 4.82. The van der Waals surface area contributed by atoms with E-state index in [0.29, 0.717) is 0 Å². The third kappa shape index (κ3) is 5.47. The number of nitrogens with one attached hydrogen (secondary N) is 1. The van der Waals surface area contributed by atoms with E-state index < -0.39 is 0 Å². The normalized spacial score (nSPS) is 12.1. The summed E-state index contributed by atoms with van der Waals surface area (Å²) in [4.78, 5) is 0. The summed E-state index contributed by atoms with van der Waals surface area (Å²) in [5.41, 5.74) is 3.17. The first-order valence-corrected chi connectivity index (χ1v) is 4.56. The van der Waals surface area contributed by atoms with E-state index in [1.165, 1.54) is 0 Å². The molecule has 0 aromatic rings. The Kier molecular flexibility index (Phi) is 7.39. The van der Waals surface area contributed by atoms with Gasteiger partial charge in [-0.25, -0.2) is 10.4 Å². The minimum Gasteiger partial charge on any atom is -0.243 e. The molecule has 0 spiro atoms. The van der Waals surface area contributed by atoms with Gasteiger partial charge in [-0.2, -0.15) is 0 Å². The summed E-state index contributed by atoms with van der Waals surface area (Å²) in [6.07, 6.45) is 5.40. The molecule has 0 bridgehead atoms. The highest BCUT2D eigenvalue weighted by atomic mass is 32.1. The maximum Gasteiger partial charge on any atom is 0.0676 e. The van der Waals surface area contributed by atoms with E-state index in [4.69, 9.17) is 12.2 Å². The molecule has 0 aromatic carbocycles. The van der Waals surface area contributed by atoms with Crippen molar-refractivity contribution in [2.45, 2.75) is 6.04 Å². The molecule has 0 amide bonds. The standard InChI is InChI=1S/C10H16N2S/c1-4-7-12(8-5-2)11-10(6-3)9-13/h4-6,9-11H,1-3,7-8H2. The predicted octanol–water partition coefficient (Wildman–Crippen LogP) is 1.72. The quantitative estimate of drug-likeness (QED) is 0.361. The first-order chi connectivity index (χ1) is 6.28. The van der Waals surface area contributed by atoms with Crippen molar-refractivity contribution in [1.29, 1.82) is 0 Å². The molecule has 72 valence electrons. The van der Waals surface area contributed by atoms with E-state index in [0.717, 1.165) is 13.1 Å². The SMILES string of the molecule is C=CCN(CC=C)NC(C=C)C=S. The predicted molar refractivity (Wildman–Crippen MR) is 62.7 cm³/mol. The Bertz CT molecular complexity index is 171. The molecule has 0 radical (unpaired) electrons. The van der Waals surface area contributed by atoms with Gasteiger partial charge in [-0.15, -0.1) is 19.7 Å². The maximum atomic E-state index is 4.82. The fourth-order valence-corrected chi connectivity index (χ4v) is 1.01. The number of rotatable bonds is 8. The Balaban J connectivity index is 4.03. The molecule has 3 heteroatoms. The van der Waals surface area contributed by atoms with Gasteiger partial charge in [-0.1, -0.05) is 30.4 Å².